The molecule has 0 aliphatic rings. The number of hydrogen-bond donors (Lipinski definition) is 2. The van der Waals surface area contributed by atoms with Crippen molar-refractivity contribution in [3.8, 4) is 5.75 Å². The van der Waals surface area contributed by atoms with E-state index in [2.05, 4.69) is 4.72 Å². The lowest BCUT2D eigenvalue weighted by Crippen LogP contribution is -2.28. The molecule has 0 aliphatic heterocycles. The molecule has 0 radical (unpaired) electrons. The largest absolute Gasteiger partial charge is 0.495 e. The number of ether oxygens (including phenoxy) is 1. The zero-order valence-electron chi connectivity index (χ0n) is 12.7. The number of sulfonamides is 1. The minimum atomic E-state index is -3.79. The van der Waals surface area contributed by atoms with Crippen LogP contribution in [0.3, 0.4) is 0 Å². The fraction of sp³-hybridized carbons (Fsp3) is 0.333. The Hall–Kier alpha value is -1.83. The van der Waals surface area contributed by atoms with Gasteiger partial charge in [0.05, 0.1) is 25.7 Å². The number of methoxy groups -OCH3 is 1. The molecule has 6 nitrogen and oxygen atoms in total. The van der Waals surface area contributed by atoms with Crippen molar-refractivity contribution in [2.45, 2.75) is 24.8 Å². The van der Waals surface area contributed by atoms with E-state index in [4.69, 9.17) is 9.15 Å². The number of nitrogens with one attached hydrogen (secondary N) is 1. The standard InChI is InChI=1S/C15H19NO5S/c1-10-6-14(20-3)15(7-11(10)2)22(18,19)16-8-13(17)12-4-5-21-9-12/h4-7,9,13,16-17H,8H2,1-3H3/t13-/m0/s1. The molecule has 22 heavy (non-hydrogen) atoms. The lowest BCUT2D eigenvalue weighted by atomic mass is 10.1. The average Bonchev–Trinajstić information content (AvgIpc) is 3.01. The highest BCUT2D eigenvalue weighted by atomic mass is 32.2. The highest BCUT2D eigenvalue weighted by molar-refractivity contribution is 7.89. The number of rotatable bonds is 6. The third kappa shape index (κ3) is 3.49. The smallest absolute Gasteiger partial charge is 0.244 e. The summed E-state index contributed by atoms with van der Waals surface area (Å²) >= 11 is 0. The summed E-state index contributed by atoms with van der Waals surface area (Å²) in [6, 6.07) is 4.81. The van der Waals surface area contributed by atoms with Gasteiger partial charge < -0.3 is 14.3 Å². The lowest BCUT2D eigenvalue weighted by Gasteiger charge is -2.14. The van der Waals surface area contributed by atoms with Gasteiger partial charge in [-0.25, -0.2) is 13.1 Å². The Morgan fingerprint density at radius 3 is 2.59 bits per heavy atom. The van der Waals surface area contributed by atoms with Crippen molar-refractivity contribution in [3.63, 3.8) is 0 Å². The normalized spacial score (nSPS) is 13.1. The van der Waals surface area contributed by atoms with Gasteiger partial charge in [-0.05, 0) is 43.2 Å². The van der Waals surface area contributed by atoms with E-state index in [0.29, 0.717) is 5.56 Å². The number of aliphatic hydroxyl groups excluding tert-OH is 1. The van der Waals surface area contributed by atoms with Gasteiger partial charge in [-0.2, -0.15) is 0 Å². The molecule has 0 fully saturated rings. The molecule has 1 aromatic carbocycles. The Kier molecular flexibility index (Phi) is 4.90. The molecule has 0 amide bonds. The van der Waals surface area contributed by atoms with Crippen molar-refractivity contribution in [1.82, 2.24) is 4.72 Å². The van der Waals surface area contributed by atoms with Crippen LogP contribution in [0, 0.1) is 13.8 Å². The number of aryl methyl sites for hydroxylation is 2. The Morgan fingerprint density at radius 2 is 2.00 bits per heavy atom. The highest BCUT2D eigenvalue weighted by Gasteiger charge is 2.22. The molecule has 0 saturated carbocycles. The molecule has 2 rings (SSSR count). The van der Waals surface area contributed by atoms with Crippen LogP contribution in [-0.4, -0.2) is 27.2 Å². The Labute approximate surface area is 129 Å². The highest BCUT2D eigenvalue weighted by Crippen LogP contribution is 2.27. The molecule has 0 bridgehead atoms. The molecule has 1 atom stereocenters. The molecular formula is C15H19NO5S. The molecule has 0 spiro atoms. The van der Waals surface area contributed by atoms with Gasteiger partial charge in [0, 0.05) is 12.1 Å². The Bertz CT molecular complexity index is 738. The van der Waals surface area contributed by atoms with E-state index < -0.39 is 16.1 Å². The first-order valence-electron chi connectivity index (χ1n) is 6.70. The Balaban J connectivity index is 2.22. The topological polar surface area (TPSA) is 88.8 Å². The number of aliphatic hydroxyl groups is 1. The van der Waals surface area contributed by atoms with Crippen LogP contribution in [0.15, 0.2) is 40.0 Å². The molecule has 1 heterocycles. The van der Waals surface area contributed by atoms with Crippen molar-refractivity contribution < 1.29 is 22.7 Å². The van der Waals surface area contributed by atoms with E-state index in [-0.39, 0.29) is 17.2 Å². The summed E-state index contributed by atoms with van der Waals surface area (Å²) in [5, 5.41) is 9.93. The molecular weight excluding hydrogens is 306 g/mol. The zero-order valence-corrected chi connectivity index (χ0v) is 13.5. The minimum absolute atomic E-state index is 0.0532. The average molecular weight is 325 g/mol. The first-order chi connectivity index (χ1) is 10.3. The second-order valence-electron chi connectivity index (χ2n) is 5.01. The summed E-state index contributed by atoms with van der Waals surface area (Å²) in [7, 11) is -2.37. The Morgan fingerprint density at radius 1 is 1.32 bits per heavy atom. The summed E-state index contributed by atoms with van der Waals surface area (Å²) in [5.41, 5.74) is 2.29. The van der Waals surface area contributed by atoms with Crippen molar-refractivity contribution in [1.29, 1.82) is 0 Å². The molecule has 7 heteroatoms. The predicted octanol–water partition coefficient (Wildman–Crippen LogP) is 1.92. The number of furan rings is 1. The van der Waals surface area contributed by atoms with E-state index in [1.54, 1.807) is 18.2 Å². The summed E-state index contributed by atoms with van der Waals surface area (Å²) in [6.45, 7) is 3.55. The van der Waals surface area contributed by atoms with Gasteiger partial charge >= 0.3 is 0 Å². The zero-order chi connectivity index (χ0) is 16.3. The monoisotopic (exact) mass is 325 g/mol. The SMILES string of the molecule is COc1cc(C)c(C)cc1S(=O)(=O)NC[C@H](O)c1ccoc1. The third-order valence-corrected chi connectivity index (χ3v) is 4.91. The van der Waals surface area contributed by atoms with Crippen LogP contribution in [0.1, 0.15) is 22.8 Å². The fourth-order valence-electron chi connectivity index (χ4n) is 1.98. The number of benzene rings is 1. The van der Waals surface area contributed by atoms with Crippen LogP contribution in [0.4, 0.5) is 0 Å². The second-order valence-corrected chi connectivity index (χ2v) is 6.75. The van der Waals surface area contributed by atoms with Crippen LogP contribution in [-0.2, 0) is 10.0 Å². The van der Waals surface area contributed by atoms with Gasteiger partial charge in [0.2, 0.25) is 10.0 Å². The van der Waals surface area contributed by atoms with Crippen LogP contribution in [0.5, 0.6) is 5.75 Å². The van der Waals surface area contributed by atoms with E-state index in [1.165, 1.54) is 19.6 Å². The van der Waals surface area contributed by atoms with Crippen molar-refractivity contribution in [3.05, 3.63) is 47.4 Å². The van der Waals surface area contributed by atoms with Gasteiger partial charge in [-0.3, -0.25) is 0 Å². The fourth-order valence-corrected chi connectivity index (χ4v) is 3.25. The summed E-state index contributed by atoms with van der Waals surface area (Å²) in [6.07, 6.45) is 1.81. The van der Waals surface area contributed by atoms with Gasteiger partial charge in [-0.15, -0.1) is 0 Å². The maximum atomic E-state index is 12.4. The van der Waals surface area contributed by atoms with Crippen LogP contribution in [0.25, 0.3) is 0 Å². The predicted molar refractivity (Wildman–Crippen MR) is 81.3 cm³/mol. The van der Waals surface area contributed by atoms with Gasteiger partial charge in [-0.1, -0.05) is 0 Å². The van der Waals surface area contributed by atoms with Gasteiger partial charge in [0.1, 0.15) is 10.6 Å². The summed E-state index contributed by atoms with van der Waals surface area (Å²) in [5.74, 6) is 0.272. The quantitative estimate of drug-likeness (QED) is 0.847. The third-order valence-electron chi connectivity index (χ3n) is 3.46. The van der Waals surface area contributed by atoms with E-state index >= 15 is 0 Å². The molecule has 0 unspecified atom stereocenters. The molecule has 120 valence electrons. The first-order valence-corrected chi connectivity index (χ1v) is 8.18. The van der Waals surface area contributed by atoms with Crippen LogP contribution >= 0.6 is 0 Å². The van der Waals surface area contributed by atoms with E-state index in [0.717, 1.165) is 11.1 Å². The van der Waals surface area contributed by atoms with Gasteiger partial charge in [0.25, 0.3) is 0 Å². The van der Waals surface area contributed by atoms with Crippen molar-refractivity contribution >= 4 is 10.0 Å². The molecule has 0 saturated heterocycles. The van der Waals surface area contributed by atoms with Gasteiger partial charge in [0.15, 0.2) is 0 Å². The van der Waals surface area contributed by atoms with E-state index in [1.807, 2.05) is 13.8 Å². The minimum Gasteiger partial charge on any atom is -0.495 e. The van der Waals surface area contributed by atoms with Crippen molar-refractivity contribution in [2.75, 3.05) is 13.7 Å². The first kappa shape index (κ1) is 16.5. The number of hydrogen-bond acceptors (Lipinski definition) is 5. The molecule has 2 aromatic rings. The summed E-state index contributed by atoms with van der Waals surface area (Å²) < 4.78 is 37.2. The summed E-state index contributed by atoms with van der Waals surface area (Å²) in [4.78, 5) is 0.0532. The van der Waals surface area contributed by atoms with Crippen LogP contribution < -0.4 is 9.46 Å². The van der Waals surface area contributed by atoms with Crippen molar-refractivity contribution in [2.24, 2.45) is 0 Å². The lowest BCUT2D eigenvalue weighted by molar-refractivity contribution is 0.181. The molecule has 0 aliphatic carbocycles. The molecule has 1 aromatic heterocycles. The maximum Gasteiger partial charge on any atom is 0.244 e. The second kappa shape index (κ2) is 6.51. The van der Waals surface area contributed by atoms with E-state index in [9.17, 15) is 13.5 Å². The van der Waals surface area contributed by atoms with Crippen LogP contribution in [0.2, 0.25) is 0 Å². The molecule has 2 N–H and O–H groups in total. The maximum absolute atomic E-state index is 12.4.